The van der Waals surface area contributed by atoms with Crippen molar-refractivity contribution in [3.05, 3.63) is 71.9 Å². The topological polar surface area (TPSA) is 49.4 Å². The Balaban J connectivity index is 1.93. The minimum Gasteiger partial charge on any atom is -0.302 e. The molecule has 0 unspecified atom stereocenters. The van der Waals surface area contributed by atoms with Crippen LogP contribution in [0.1, 0.15) is 5.56 Å². The lowest BCUT2D eigenvalue weighted by Gasteiger charge is -2.10. The van der Waals surface area contributed by atoms with Gasteiger partial charge in [-0.05, 0) is 23.8 Å². The molecule has 2 aromatic carbocycles. The minimum atomic E-state index is -0.427. The molecule has 0 radical (unpaired) electrons. The van der Waals surface area contributed by atoms with Gasteiger partial charge in [-0.25, -0.2) is 9.69 Å². The Labute approximate surface area is 116 Å². The lowest BCUT2D eigenvalue weighted by Crippen LogP contribution is -2.30. The zero-order chi connectivity index (χ0) is 13.9. The van der Waals surface area contributed by atoms with Gasteiger partial charge in [0.1, 0.15) is 5.70 Å². The molecule has 1 heterocycles. The summed E-state index contributed by atoms with van der Waals surface area (Å²) in [5.74, 6) is -0.343. The number of urea groups is 1. The van der Waals surface area contributed by atoms with Gasteiger partial charge >= 0.3 is 6.03 Å². The Hall–Kier alpha value is -2.88. The quantitative estimate of drug-likeness (QED) is 0.669. The van der Waals surface area contributed by atoms with Crippen LogP contribution in [0.4, 0.5) is 10.5 Å². The highest BCUT2D eigenvalue weighted by Gasteiger charge is 2.34. The summed E-state index contributed by atoms with van der Waals surface area (Å²) >= 11 is 0. The molecule has 0 bridgehead atoms. The Kier molecular flexibility index (Phi) is 3.05. The van der Waals surface area contributed by atoms with Gasteiger partial charge < -0.3 is 5.32 Å². The van der Waals surface area contributed by atoms with Gasteiger partial charge in [0.05, 0.1) is 5.69 Å². The third-order valence-electron chi connectivity index (χ3n) is 3.00. The molecule has 4 nitrogen and oxygen atoms in total. The molecular formula is C16H12N2O2. The first-order chi connectivity index (χ1) is 9.75. The summed E-state index contributed by atoms with van der Waals surface area (Å²) in [5, 5.41) is 2.60. The van der Waals surface area contributed by atoms with Crippen LogP contribution in [0.15, 0.2) is 66.4 Å². The van der Waals surface area contributed by atoms with Gasteiger partial charge in [0.25, 0.3) is 5.91 Å². The van der Waals surface area contributed by atoms with Crippen molar-refractivity contribution in [2.45, 2.75) is 0 Å². The number of carbonyl (C=O) groups excluding carboxylic acids is 2. The number of nitrogens with zero attached hydrogens (tertiary/aromatic N) is 1. The molecule has 0 spiro atoms. The van der Waals surface area contributed by atoms with Crippen LogP contribution in [-0.4, -0.2) is 11.9 Å². The summed E-state index contributed by atoms with van der Waals surface area (Å²) in [6.45, 7) is 0. The van der Waals surface area contributed by atoms with E-state index in [-0.39, 0.29) is 11.6 Å². The van der Waals surface area contributed by atoms with Crippen LogP contribution in [0.2, 0.25) is 0 Å². The number of anilines is 1. The van der Waals surface area contributed by atoms with Gasteiger partial charge in [-0.3, -0.25) is 4.79 Å². The second-order valence-electron chi connectivity index (χ2n) is 4.37. The molecule has 0 saturated carbocycles. The fourth-order valence-electron chi connectivity index (χ4n) is 2.06. The third kappa shape index (κ3) is 2.19. The van der Waals surface area contributed by atoms with Crippen molar-refractivity contribution in [3.63, 3.8) is 0 Å². The molecule has 2 aromatic rings. The van der Waals surface area contributed by atoms with Crippen molar-refractivity contribution in [1.82, 2.24) is 5.32 Å². The number of nitrogens with one attached hydrogen (secondary N) is 1. The van der Waals surface area contributed by atoms with Gasteiger partial charge in [-0.2, -0.15) is 0 Å². The molecule has 1 aliphatic rings. The standard InChI is InChI=1S/C16H12N2O2/c19-15-14(11-12-7-3-1-4-8-12)17-16(20)18(15)13-9-5-2-6-10-13/h1-11H,(H,17,20)/b14-11-. The van der Waals surface area contributed by atoms with Crippen LogP contribution in [0, 0.1) is 0 Å². The lowest BCUT2D eigenvalue weighted by molar-refractivity contribution is -0.113. The second-order valence-corrected chi connectivity index (χ2v) is 4.37. The van der Waals surface area contributed by atoms with E-state index in [9.17, 15) is 9.59 Å². The Morgan fingerprint density at radius 3 is 2.10 bits per heavy atom. The average Bonchev–Trinajstić information content (AvgIpc) is 2.75. The van der Waals surface area contributed by atoms with Gasteiger partial charge in [0.2, 0.25) is 0 Å². The number of amides is 3. The fourth-order valence-corrected chi connectivity index (χ4v) is 2.06. The van der Waals surface area contributed by atoms with E-state index in [2.05, 4.69) is 5.32 Å². The fraction of sp³-hybridized carbons (Fsp3) is 0. The number of carbonyl (C=O) groups is 2. The Bertz CT molecular complexity index is 678. The van der Waals surface area contributed by atoms with Crippen LogP contribution in [-0.2, 0) is 4.79 Å². The molecular weight excluding hydrogens is 252 g/mol. The summed E-state index contributed by atoms with van der Waals surface area (Å²) < 4.78 is 0. The molecule has 1 saturated heterocycles. The molecule has 0 aliphatic carbocycles. The smallest absolute Gasteiger partial charge is 0.302 e. The molecule has 3 amide bonds. The van der Waals surface area contributed by atoms with Crippen LogP contribution in [0.25, 0.3) is 6.08 Å². The monoisotopic (exact) mass is 264 g/mol. The van der Waals surface area contributed by atoms with Crippen molar-refractivity contribution in [1.29, 1.82) is 0 Å². The van der Waals surface area contributed by atoms with E-state index in [1.54, 1.807) is 30.3 Å². The van der Waals surface area contributed by atoms with Crippen LogP contribution in [0.3, 0.4) is 0 Å². The molecule has 20 heavy (non-hydrogen) atoms. The maximum absolute atomic E-state index is 12.3. The maximum atomic E-state index is 12.3. The van der Waals surface area contributed by atoms with E-state index >= 15 is 0 Å². The van der Waals surface area contributed by atoms with E-state index in [0.29, 0.717) is 5.69 Å². The van der Waals surface area contributed by atoms with Gasteiger partial charge in [0, 0.05) is 0 Å². The summed E-state index contributed by atoms with van der Waals surface area (Å²) in [4.78, 5) is 25.4. The predicted molar refractivity (Wildman–Crippen MR) is 76.9 cm³/mol. The molecule has 1 aliphatic heterocycles. The van der Waals surface area contributed by atoms with E-state index in [1.165, 1.54) is 0 Å². The molecule has 0 atom stereocenters. The SMILES string of the molecule is O=C1N/C(=C\c2ccccc2)C(=O)N1c1ccccc1. The normalized spacial score (nSPS) is 16.6. The highest BCUT2D eigenvalue weighted by molar-refractivity contribution is 6.28. The zero-order valence-corrected chi connectivity index (χ0v) is 10.6. The van der Waals surface area contributed by atoms with Crippen molar-refractivity contribution >= 4 is 23.7 Å². The second kappa shape index (κ2) is 5.01. The number of para-hydroxylation sites is 1. The van der Waals surface area contributed by atoms with Crippen LogP contribution < -0.4 is 10.2 Å². The Morgan fingerprint density at radius 2 is 1.45 bits per heavy atom. The molecule has 0 aromatic heterocycles. The number of hydrogen-bond acceptors (Lipinski definition) is 2. The minimum absolute atomic E-state index is 0.282. The molecule has 3 rings (SSSR count). The molecule has 1 N–H and O–H groups in total. The number of benzene rings is 2. The van der Waals surface area contributed by atoms with Crippen molar-refractivity contribution in [3.8, 4) is 0 Å². The van der Waals surface area contributed by atoms with E-state index in [0.717, 1.165) is 10.5 Å². The first kappa shape index (κ1) is 12.2. The molecule has 1 fully saturated rings. The predicted octanol–water partition coefficient (Wildman–Crippen LogP) is 2.78. The van der Waals surface area contributed by atoms with Gasteiger partial charge in [0.15, 0.2) is 0 Å². The summed E-state index contributed by atoms with van der Waals surface area (Å²) in [5.41, 5.74) is 1.71. The van der Waals surface area contributed by atoms with Gasteiger partial charge in [-0.1, -0.05) is 48.5 Å². The molecule has 98 valence electrons. The number of rotatable bonds is 2. The highest BCUT2D eigenvalue weighted by atomic mass is 16.2. The van der Waals surface area contributed by atoms with Crippen molar-refractivity contribution in [2.75, 3.05) is 4.90 Å². The summed E-state index contributed by atoms with van der Waals surface area (Å²) in [6.07, 6.45) is 1.67. The van der Waals surface area contributed by atoms with E-state index in [1.807, 2.05) is 36.4 Å². The highest BCUT2D eigenvalue weighted by Crippen LogP contribution is 2.21. The summed E-state index contributed by atoms with van der Waals surface area (Å²) in [6, 6.07) is 17.8. The van der Waals surface area contributed by atoms with Crippen molar-refractivity contribution in [2.24, 2.45) is 0 Å². The van der Waals surface area contributed by atoms with Crippen LogP contribution in [0.5, 0.6) is 0 Å². The van der Waals surface area contributed by atoms with Crippen LogP contribution >= 0.6 is 0 Å². The Morgan fingerprint density at radius 1 is 0.850 bits per heavy atom. The first-order valence-corrected chi connectivity index (χ1v) is 6.23. The van der Waals surface area contributed by atoms with Crippen molar-refractivity contribution < 1.29 is 9.59 Å². The number of hydrogen-bond donors (Lipinski definition) is 1. The zero-order valence-electron chi connectivity index (χ0n) is 10.6. The third-order valence-corrected chi connectivity index (χ3v) is 3.00. The van der Waals surface area contributed by atoms with E-state index in [4.69, 9.17) is 0 Å². The first-order valence-electron chi connectivity index (χ1n) is 6.23. The summed E-state index contributed by atoms with van der Waals surface area (Å²) in [7, 11) is 0. The molecule has 4 heteroatoms. The maximum Gasteiger partial charge on any atom is 0.333 e. The average molecular weight is 264 g/mol. The van der Waals surface area contributed by atoms with E-state index < -0.39 is 6.03 Å². The number of imide groups is 1. The largest absolute Gasteiger partial charge is 0.333 e. The lowest BCUT2D eigenvalue weighted by atomic mass is 10.2. The van der Waals surface area contributed by atoms with Gasteiger partial charge in [-0.15, -0.1) is 0 Å².